The molecule has 6 N–H and O–H groups in total. The van der Waals surface area contributed by atoms with Gasteiger partial charge in [0.25, 0.3) is 0 Å². The predicted molar refractivity (Wildman–Crippen MR) is 113 cm³/mol. The van der Waals surface area contributed by atoms with E-state index in [0.29, 0.717) is 53.3 Å². The van der Waals surface area contributed by atoms with Crippen LogP contribution < -0.4 is 15.8 Å². The van der Waals surface area contributed by atoms with E-state index >= 15 is 0 Å². The van der Waals surface area contributed by atoms with Gasteiger partial charge in [0.2, 0.25) is 5.91 Å². The molecule has 158 valence electrons. The van der Waals surface area contributed by atoms with Crippen molar-refractivity contribution >= 4 is 33.8 Å². The number of amides is 1. The molecule has 4 aromatic rings. The number of fused-ring (bicyclic) bond motifs is 2. The highest BCUT2D eigenvalue weighted by Gasteiger charge is 2.22. The molecule has 10 heteroatoms. The minimum Gasteiger partial charge on any atom is -0.489 e. The second-order valence-corrected chi connectivity index (χ2v) is 7.60. The molecule has 0 unspecified atom stereocenters. The molecule has 1 fully saturated rings. The molecular weight excluding hydrogens is 401 g/mol. The van der Waals surface area contributed by atoms with E-state index in [1.165, 1.54) is 12.1 Å². The number of aromatic nitrogens is 4. The third-order valence-corrected chi connectivity index (χ3v) is 5.27. The molecule has 1 aliphatic heterocycles. The van der Waals surface area contributed by atoms with Gasteiger partial charge in [0, 0.05) is 18.1 Å². The first-order valence-corrected chi connectivity index (χ1v) is 9.88. The number of nitrogen functional groups attached to an aromatic ring is 1. The maximum Gasteiger partial charge on any atom is 0.220 e. The van der Waals surface area contributed by atoms with Crippen molar-refractivity contribution in [1.82, 2.24) is 25.3 Å². The van der Waals surface area contributed by atoms with Crippen LogP contribution in [0, 0.1) is 11.2 Å². The van der Waals surface area contributed by atoms with E-state index in [0.717, 1.165) is 11.0 Å². The van der Waals surface area contributed by atoms with Crippen molar-refractivity contribution in [3.05, 3.63) is 53.4 Å². The zero-order valence-corrected chi connectivity index (χ0v) is 16.5. The van der Waals surface area contributed by atoms with E-state index in [1.807, 2.05) is 0 Å². The van der Waals surface area contributed by atoms with Crippen molar-refractivity contribution in [2.45, 2.75) is 25.3 Å². The minimum atomic E-state index is -0.436. The van der Waals surface area contributed by atoms with Gasteiger partial charge in [0.15, 0.2) is 0 Å². The Hall–Kier alpha value is -3.95. The highest BCUT2D eigenvalue weighted by molar-refractivity contribution is 5.97. The number of H-pyrrole nitrogens is 2. The standard InChI is InChI=1S/C21H20FN7O2/c22-11-6-15-20(16(7-11)31-9-12-2-4-19(30)25-12)29-18(28-15)8-17-26-13-3-1-10(21(23)24)5-14(13)27-17/h1,3,5-7,12H,2,4,8-9H2,(H3,23,24)(H,25,30)(H,26,27)(H,28,29)/t12-/m0/s1. The average Bonchev–Trinajstić information content (AvgIpc) is 3.43. The average molecular weight is 421 g/mol. The summed E-state index contributed by atoms with van der Waals surface area (Å²) in [5.41, 5.74) is 8.73. The fourth-order valence-electron chi connectivity index (χ4n) is 3.76. The number of benzene rings is 2. The molecule has 2 aromatic carbocycles. The number of ether oxygens (including phenoxy) is 1. The van der Waals surface area contributed by atoms with Crippen molar-refractivity contribution in [1.29, 1.82) is 5.41 Å². The van der Waals surface area contributed by atoms with Gasteiger partial charge in [-0.05, 0) is 30.7 Å². The summed E-state index contributed by atoms with van der Waals surface area (Å²) in [6.07, 6.45) is 1.55. The van der Waals surface area contributed by atoms with E-state index < -0.39 is 5.82 Å². The van der Waals surface area contributed by atoms with Crippen LogP contribution in [-0.4, -0.2) is 44.3 Å². The van der Waals surface area contributed by atoms with Crippen LogP contribution in [0.5, 0.6) is 5.75 Å². The van der Waals surface area contributed by atoms with Gasteiger partial charge in [-0.2, -0.15) is 0 Å². The summed E-state index contributed by atoms with van der Waals surface area (Å²) >= 11 is 0. The van der Waals surface area contributed by atoms with Gasteiger partial charge in [0.05, 0.1) is 29.0 Å². The Morgan fingerprint density at radius 1 is 1.19 bits per heavy atom. The van der Waals surface area contributed by atoms with E-state index in [2.05, 4.69) is 25.3 Å². The van der Waals surface area contributed by atoms with Crippen LogP contribution in [0.1, 0.15) is 30.1 Å². The zero-order chi connectivity index (χ0) is 21.5. The second kappa shape index (κ2) is 7.38. The molecule has 1 saturated heterocycles. The van der Waals surface area contributed by atoms with E-state index in [9.17, 15) is 9.18 Å². The molecule has 31 heavy (non-hydrogen) atoms. The number of nitrogens with two attached hydrogens (primary N) is 1. The Kier molecular flexibility index (Phi) is 4.54. The summed E-state index contributed by atoms with van der Waals surface area (Å²) in [5.74, 6) is 1.16. The largest absolute Gasteiger partial charge is 0.489 e. The van der Waals surface area contributed by atoms with Crippen LogP contribution in [0.2, 0.25) is 0 Å². The molecular formula is C21H20FN7O2. The number of rotatable bonds is 6. The van der Waals surface area contributed by atoms with Gasteiger partial charge in [0.1, 0.15) is 41.2 Å². The second-order valence-electron chi connectivity index (χ2n) is 7.60. The predicted octanol–water partition coefficient (Wildman–Crippen LogP) is 2.11. The fourth-order valence-corrected chi connectivity index (χ4v) is 3.76. The van der Waals surface area contributed by atoms with E-state index in [-0.39, 0.29) is 24.4 Å². The Bertz CT molecular complexity index is 1330. The first-order valence-electron chi connectivity index (χ1n) is 9.88. The molecule has 2 aromatic heterocycles. The number of carbonyl (C=O) groups excluding carboxylic acids is 1. The quantitative estimate of drug-likeness (QED) is 0.239. The molecule has 1 atom stereocenters. The monoisotopic (exact) mass is 421 g/mol. The van der Waals surface area contributed by atoms with Gasteiger partial charge < -0.3 is 25.8 Å². The van der Waals surface area contributed by atoms with Crippen molar-refractivity contribution in [3.63, 3.8) is 0 Å². The Morgan fingerprint density at radius 2 is 2.00 bits per heavy atom. The molecule has 0 saturated carbocycles. The number of carbonyl (C=O) groups is 1. The lowest BCUT2D eigenvalue weighted by molar-refractivity contribution is -0.119. The maximum absolute atomic E-state index is 14.1. The molecule has 0 bridgehead atoms. The van der Waals surface area contributed by atoms with Gasteiger partial charge in [-0.3, -0.25) is 10.2 Å². The maximum atomic E-state index is 14.1. The summed E-state index contributed by atoms with van der Waals surface area (Å²) < 4.78 is 19.9. The first kappa shape index (κ1) is 19.0. The number of imidazole rings is 2. The number of amidine groups is 1. The number of halogens is 1. The molecule has 9 nitrogen and oxygen atoms in total. The first-order chi connectivity index (χ1) is 14.9. The lowest BCUT2D eigenvalue weighted by Crippen LogP contribution is -2.30. The van der Waals surface area contributed by atoms with Crippen molar-refractivity contribution in [2.24, 2.45) is 5.73 Å². The van der Waals surface area contributed by atoms with E-state index in [4.69, 9.17) is 15.9 Å². The summed E-state index contributed by atoms with van der Waals surface area (Å²) in [7, 11) is 0. The molecule has 0 spiro atoms. The van der Waals surface area contributed by atoms with Gasteiger partial charge in [-0.25, -0.2) is 14.4 Å². The lowest BCUT2D eigenvalue weighted by atomic mass is 10.2. The molecule has 0 aliphatic carbocycles. The summed E-state index contributed by atoms with van der Waals surface area (Å²) in [4.78, 5) is 26.8. The van der Waals surface area contributed by atoms with Crippen LogP contribution in [0.25, 0.3) is 22.1 Å². The third kappa shape index (κ3) is 3.79. The topological polar surface area (TPSA) is 146 Å². The number of hydrogen-bond donors (Lipinski definition) is 5. The van der Waals surface area contributed by atoms with Crippen LogP contribution in [0.3, 0.4) is 0 Å². The summed E-state index contributed by atoms with van der Waals surface area (Å²) in [5, 5.41) is 10.4. The lowest BCUT2D eigenvalue weighted by Gasteiger charge is -2.12. The van der Waals surface area contributed by atoms with E-state index in [1.54, 1.807) is 18.2 Å². The van der Waals surface area contributed by atoms with Crippen molar-refractivity contribution < 1.29 is 13.9 Å². The van der Waals surface area contributed by atoms with Crippen LogP contribution in [0.4, 0.5) is 4.39 Å². The van der Waals surface area contributed by atoms with Crippen LogP contribution >= 0.6 is 0 Å². The minimum absolute atomic E-state index is 0.00121. The summed E-state index contributed by atoms with van der Waals surface area (Å²) in [6.45, 7) is 0.258. The SMILES string of the molecule is N=C(N)c1ccc2nc(Cc3nc4c(OC[C@@H]5CCC(=O)N5)cc(F)cc4[nH]3)[nH]c2c1. The Balaban J connectivity index is 1.39. The van der Waals surface area contributed by atoms with Gasteiger partial charge in [-0.1, -0.05) is 0 Å². The fraction of sp³-hybridized carbons (Fsp3) is 0.238. The van der Waals surface area contributed by atoms with Gasteiger partial charge in [-0.15, -0.1) is 0 Å². The zero-order valence-electron chi connectivity index (χ0n) is 16.5. The van der Waals surface area contributed by atoms with Crippen molar-refractivity contribution in [3.8, 4) is 5.75 Å². The number of hydrogen-bond acceptors (Lipinski definition) is 5. The molecule has 1 aliphatic rings. The highest BCUT2D eigenvalue weighted by Crippen LogP contribution is 2.27. The molecule has 1 amide bonds. The molecule has 3 heterocycles. The Labute approximate surface area is 175 Å². The van der Waals surface area contributed by atoms with Crippen LogP contribution in [-0.2, 0) is 11.2 Å². The number of nitrogens with one attached hydrogen (secondary N) is 4. The molecule has 0 radical (unpaired) electrons. The highest BCUT2D eigenvalue weighted by atomic mass is 19.1. The van der Waals surface area contributed by atoms with Crippen LogP contribution in [0.15, 0.2) is 30.3 Å². The molecule has 5 rings (SSSR count). The van der Waals surface area contributed by atoms with Gasteiger partial charge >= 0.3 is 0 Å². The number of nitrogens with zero attached hydrogens (tertiary/aromatic N) is 2. The summed E-state index contributed by atoms with van der Waals surface area (Å²) in [6, 6.07) is 7.90. The number of aromatic amines is 2. The third-order valence-electron chi connectivity index (χ3n) is 5.27. The normalized spacial score (nSPS) is 16.2. The Morgan fingerprint density at radius 3 is 2.77 bits per heavy atom. The van der Waals surface area contributed by atoms with Crippen molar-refractivity contribution in [2.75, 3.05) is 6.61 Å². The smallest absolute Gasteiger partial charge is 0.220 e.